The lowest BCUT2D eigenvalue weighted by molar-refractivity contribution is 0.0957. The van der Waals surface area contributed by atoms with Gasteiger partial charge >= 0.3 is 0 Å². The second kappa shape index (κ2) is 8.55. The molecule has 2 N–H and O–H groups in total. The number of aromatic nitrogens is 6. The summed E-state index contributed by atoms with van der Waals surface area (Å²) in [5.74, 6) is -2.71. The molecule has 0 unspecified atom stereocenters. The molecule has 0 atom stereocenters. The molecule has 37 heavy (non-hydrogen) atoms. The van der Waals surface area contributed by atoms with Crippen molar-refractivity contribution in [3.8, 4) is 5.69 Å². The first-order chi connectivity index (χ1) is 17.8. The van der Waals surface area contributed by atoms with Gasteiger partial charge < -0.3 is 10.3 Å². The summed E-state index contributed by atoms with van der Waals surface area (Å²) in [4.78, 5) is 32.1. The third kappa shape index (κ3) is 3.74. The fourth-order valence-corrected chi connectivity index (χ4v) is 4.64. The minimum Gasteiger partial charge on any atom is -0.354 e. The molecule has 0 bridgehead atoms. The van der Waals surface area contributed by atoms with Gasteiger partial charge in [0.05, 0.1) is 17.4 Å². The molecule has 5 aromatic rings. The van der Waals surface area contributed by atoms with Gasteiger partial charge in [-0.05, 0) is 18.2 Å². The summed E-state index contributed by atoms with van der Waals surface area (Å²) >= 11 is 0. The van der Waals surface area contributed by atoms with Crippen molar-refractivity contribution < 1.29 is 18.0 Å². The molecular weight excluding hydrogens is 489 g/mol. The van der Waals surface area contributed by atoms with Crippen LogP contribution in [-0.2, 0) is 19.5 Å². The Morgan fingerprint density at radius 2 is 2.03 bits per heavy atom. The van der Waals surface area contributed by atoms with Crippen molar-refractivity contribution in [3.63, 3.8) is 0 Å². The topological polar surface area (TPSA) is 113 Å². The van der Waals surface area contributed by atoms with Gasteiger partial charge in [0.2, 0.25) is 5.95 Å². The van der Waals surface area contributed by atoms with E-state index in [4.69, 9.17) is 0 Å². The van der Waals surface area contributed by atoms with Crippen LogP contribution in [0.1, 0.15) is 27.3 Å². The van der Waals surface area contributed by atoms with Crippen LogP contribution in [0.25, 0.3) is 22.2 Å². The number of nitrogens with zero attached hydrogens (tertiary/aromatic N) is 6. The molecule has 188 valence electrons. The first-order valence-electron chi connectivity index (χ1n) is 11.4. The largest absolute Gasteiger partial charge is 0.354 e. The minimum absolute atomic E-state index is 0.0379. The Morgan fingerprint density at radius 1 is 1.19 bits per heavy atom. The fraction of sp³-hybridized carbons (Fsp3) is 0.208. The zero-order valence-corrected chi connectivity index (χ0v) is 19.4. The zero-order chi connectivity index (χ0) is 25.8. The summed E-state index contributed by atoms with van der Waals surface area (Å²) in [6.07, 6.45) is 3.17. The number of carbonyl (C=O) groups is 1. The summed E-state index contributed by atoms with van der Waals surface area (Å²) in [5, 5.41) is 10.7. The van der Waals surface area contributed by atoms with E-state index < -0.39 is 29.0 Å². The van der Waals surface area contributed by atoms with E-state index in [1.165, 1.54) is 23.9 Å². The molecule has 10 nitrogen and oxygen atoms in total. The first kappa shape index (κ1) is 22.9. The molecule has 1 aliphatic heterocycles. The average Bonchev–Trinajstić information content (AvgIpc) is 3.49. The Kier molecular flexibility index (Phi) is 5.30. The summed E-state index contributed by atoms with van der Waals surface area (Å²) < 4.78 is 46.4. The van der Waals surface area contributed by atoms with Crippen molar-refractivity contribution in [2.45, 2.75) is 19.5 Å². The van der Waals surface area contributed by atoms with Gasteiger partial charge in [-0.15, -0.1) is 0 Å². The highest BCUT2D eigenvalue weighted by molar-refractivity contribution is 5.92. The molecule has 0 aliphatic carbocycles. The number of aromatic amines is 1. The lowest BCUT2D eigenvalue weighted by Gasteiger charge is -2.26. The van der Waals surface area contributed by atoms with Crippen LogP contribution in [0.4, 0.5) is 13.2 Å². The van der Waals surface area contributed by atoms with Gasteiger partial charge in [-0.25, -0.2) is 23.0 Å². The molecule has 1 amide bonds. The van der Waals surface area contributed by atoms with Gasteiger partial charge in [0.1, 0.15) is 16.9 Å². The molecule has 6 rings (SSSR count). The number of benzene rings is 1. The first-order valence-corrected chi connectivity index (χ1v) is 11.4. The van der Waals surface area contributed by atoms with Crippen LogP contribution in [0.3, 0.4) is 0 Å². The van der Waals surface area contributed by atoms with Crippen LogP contribution in [0, 0.1) is 17.6 Å². The molecule has 13 heteroatoms. The van der Waals surface area contributed by atoms with E-state index in [1.54, 1.807) is 18.3 Å². The van der Waals surface area contributed by atoms with Crippen LogP contribution < -0.4 is 10.9 Å². The van der Waals surface area contributed by atoms with Crippen LogP contribution >= 0.6 is 0 Å². The zero-order valence-electron chi connectivity index (χ0n) is 19.4. The maximum Gasteiger partial charge on any atom is 0.277 e. The normalized spacial score (nSPS) is 13.8. The molecule has 4 aromatic heterocycles. The number of amides is 1. The third-order valence-electron chi connectivity index (χ3n) is 6.47. The third-order valence-corrected chi connectivity index (χ3v) is 6.47. The monoisotopic (exact) mass is 508 g/mol. The van der Waals surface area contributed by atoms with Crippen molar-refractivity contribution in [2.75, 3.05) is 13.6 Å². The van der Waals surface area contributed by atoms with Crippen LogP contribution in [0.15, 0.2) is 41.5 Å². The summed E-state index contributed by atoms with van der Waals surface area (Å²) in [6.45, 7) is 1.27. The van der Waals surface area contributed by atoms with E-state index in [0.717, 1.165) is 22.0 Å². The summed E-state index contributed by atoms with van der Waals surface area (Å²) in [7, 11) is 1.44. The number of carbonyl (C=O) groups excluding carboxylic acids is 1. The lowest BCUT2D eigenvalue weighted by Crippen LogP contribution is -2.30. The lowest BCUT2D eigenvalue weighted by atomic mass is 10.1. The Morgan fingerprint density at radius 3 is 2.81 bits per heavy atom. The van der Waals surface area contributed by atoms with E-state index >= 15 is 4.39 Å². The number of halogens is 3. The molecule has 0 spiro atoms. The maximum atomic E-state index is 15.4. The number of hydrogen-bond acceptors (Lipinski definition) is 6. The second-order valence-electron chi connectivity index (χ2n) is 8.73. The predicted octanol–water partition coefficient (Wildman–Crippen LogP) is 2.09. The van der Waals surface area contributed by atoms with E-state index in [-0.39, 0.29) is 34.5 Å². The molecular formula is C24H19F3N8O2. The van der Waals surface area contributed by atoms with E-state index in [2.05, 4.69) is 25.5 Å². The van der Waals surface area contributed by atoms with Gasteiger partial charge in [0.15, 0.2) is 17.2 Å². The molecule has 1 aromatic carbocycles. The highest BCUT2D eigenvalue weighted by Gasteiger charge is 2.23. The average molecular weight is 508 g/mol. The molecule has 1 aliphatic rings. The second-order valence-corrected chi connectivity index (χ2v) is 8.73. The number of fused-ring (bicyclic) bond motifs is 4. The van der Waals surface area contributed by atoms with Gasteiger partial charge in [-0.2, -0.15) is 14.6 Å². The Bertz CT molecular complexity index is 1770. The van der Waals surface area contributed by atoms with Crippen molar-refractivity contribution in [2.24, 2.45) is 0 Å². The predicted molar refractivity (Wildman–Crippen MR) is 126 cm³/mol. The molecule has 0 fully saturated rings. The van der Waals surface area contributed by atoms with Crippen molar-refractivity contribution in [3.05, 3.63) is 87.1 Å². The summed E-state index contributed by atoms with van der Waals surface area (Å²) in [5.41, 5.74) is 1.23. The fourth-order valence-electron chi connectivity index (χ4n) is 4.64. The highest BCUT2D eigenvalue weighted by Crippen LogP contribution is 2.25. The van der Waals surface area contributed by atoms with Gasteiger partial charge in [-0.1, -0.05) is 6.07 Å². The smallest absolute Gasteiger partial charge is 0.277 e. The number of hydrogen-bond donors (Lipinski definition) is 2. The minimum atomic E-state index is -0.823. The highest BCUT2D eigenvalue weighted by atomic mass is 19.1. The van der Waals surface area contributed by atoms with E-state index in [1.807, 2.05) is 4.90 Å². The van der Waals surface area contributed by atoms with Crippen molar-refractivity contribution in [1.29, 1.82) is 0 Å². The quantitative estimate of drug-likeness (QED) is 0.360. The van der Waals surface area contributed by atoms with Crippen molar-refractivity contribution >= 4 is 22.5 Å². The molecule has 0 saturated heterocycles. The molecule has 5 heterocycles. The SMILES string of the molecule is CNC(=O)c1ccc(-n2cc3c(n2)CCN(Cc2ccc4c([nH]c(=O)c5c(F)cnn54)c2F)C3)c(F)n1. The molecule has 0 saturated carbocycles. The van der Waals surface area contributed by atoms with Gasteiger partial charge in [0, 0.05) is 50.4 Å². The standard InChI is InChI=1S/C24H19F3N8O2/c1-28-23(36)16-3-5-18(22(27)30-16)34-11-13-10-33(7-6-15(13)32-34)9-12-2-4-17-20(19(12)26)31-24(37)21-14(25)8-29-35(17)21/h2-5,8,11H,6-7,9-10H2,1H3,(H,28,36)(H,31,37). The maximum absolute atomic E-state index is 15.4. The van der Waals surface area contributed by atoms with Crippen LogP contribution in [-0.4, -0.2) is 53.8 Å². The van der Waals surface area contributed by atoms with E-state index in [9.17, 15) is 18.4 Å². The number of pyridine rings is 1. The van der Waals surface area contributed by atoms with E-state index in [0.29, 0.717) is 25.1 Å². The molecule has 0 radical (unpaired) electrons. The van der Waals surface area contributed by atoms with Crippen LogP contribution in [0.2, 0.25) is 0 Å². The summed E-state index contributed by atoms with van der Waals surface area (Å²) in [6, 6.07) is 6.04. The Hall–Kier alpha value is -4.52. The Labute approximate surface area is 206 Å². The van der Waals surface area contributed by atoms with Gasteiger partial charge in [-0.3, -0.25) is 14.5 Å². The van der Waals surface area contributed by atoms with Crippen LogP contribution in [0.5, 0.6) is 0 Å². The number of H-pyrrole nitrogens is 1. The van der Waals surface area contributed by atoms with Crippen molar-refractivity contribution in [1.82, 2.24) is 39.6 Å². The Balaban J connectivity index is 1.26. The number of rotatable bonds is 4. The van der Waals surface area contributed by atoms with Gasteiger partial charge in [0.25, 0.3) is 11.5 Å². The number of nitrogens with one attached hydrogen (secondary N) is 2.